The minimum Gasteiger partial charge on any atom is -0.454 e. The number of benzene rings is 1. The van der Waals surface area contributed by atoms with Crippen molar-refractivity contribution in [2.75, 3.05) is 40.0 Å². The van der Waals surface area contributed by atoms with E-state index in [-0.39, 0.29) is 18.1 Å². The maximum absolute atomic E-state index is 13.8. The van der Waals surface area contributed by atoms with Gasteiger partial charge in [-0.2, -0.15) is 0 Å². The van der Waals surface area contributed by atoms with Crippen LogP contribution >= 0.6 is 0 Å². The molecule has 0 unspecified atom stereocenters. The van der Waals surface area contributed by atoms with Gasteiger partial charge in [-0.3, -0.25) is 9.78 Å². The fourth-order valence-electron chi connectivity index (χ4n) is 2.11. The summed E-state index contributed by atoms with van der Waals surface area (Å²) in [4.78, 5) is 20.1. The zero-order chi connectivity index (χ0) is 18.4. The van der Waals surface area contributed by atoms with Crippen molar-refractivity contribution in [3.63, 3.8) is 0 Å². The molecule has 1 amide bonds. The number of anilines is 1. The van der Waals surface area contributed by atoms with Gasteiger partial charge >= 0.3 is 0 Å². The number of likely N-dealkylation sites (N-methyl/N-ethyl adjacent to an activating group) is 2. The highest BCUT2D eigenvalue weighted by Crippen LogP contribution is 2.26. The molecule has 0 atom stereocenters. The van der Waals surface area contributed by atoms with Crippen molar-refractivity contribution >= 4 is 11.6 Å². The molecule has 1 heterocycles. The highest BCUT2D eigenvalue weighted by atomic mass is 19.1. The summed E-state index contributed by atoms with van der Waals surface area (Å²) in [5.41, 5.74) is 6.41. The van der Waals surface area contributed by atoms with E-state index >= 15 is 0 Å². The normalized spacial score (nSPS) is 10.8. The Morgan fingerprint density at radius 3 is 2.64 bits per heavy atom. The quantitative estimate of drug-likeness (QED) is 0.778. The van der Waals surface area contributed by atoms with Gasteiger partial charge in [-0.25, -0.2) is 4.39 Å². The van der Waals surface area contributed by atoms with E-state index in [0.717, 1.165) is 6.54 Å². The summed E-state index contributed by atoms with van der Waals surface area (Å²) in [5.74, 6) is -0.0961. The number of halogens is 1. The van der Waals surface area contributed by atoms with Crippen LogP contribution in [0.15, 0.2) is 36.5 Å². The second-order valence-electron chi connectivity index (χ2n) is 6.07. The van der Waals surface area contributed by atoms with E-state index in [4.69, 9.17) is 10.5 Å². The topological polar surface area (TPSA) is 71.7 Å². The molecule has 0 bridgehead atoms. The van der Waals surface area contributed by atoms with Crippen LogP contribution in [0.1, 0.15) is 5.69 Å². The van der Waals surface area contributed by atoms with Gasteiger partial charge in [0.25, 0.3) is 0 Å². The maximum Gasteiger partial charge on any atom is 0.228 e. The Morgan fingerprint density at radius 2 is 1.96 bits per heavy atom. The number of rotatable bonds is 7. The molecule has 0 radical (unpaired) electrons. The van der Waals surface area contributed by atoms with Crippen molar-refractivity contribution in [1.29, 1.82) is 0 Å². The highest BCUT2D eigenvalue weighted by Gasteiger charge is 2.12. The van der Waals surface area contributed by atoms with E-state index in [0.29, 0.717) is 23.7 Å². The van der Waals surface area contributed by atoms with Crippen molar-refractivity contribution in [3.05, 3.63) is 48.0 Å². The molecule has 0 spiro atoms. The average Bonchev–Trinajstić information content (AvgIpc) is 2.55. The minimum atomic E-state index is -0.544. The van der Waals surface area contributed by atoms with E-state index in [9.17, 15) is 9.18 Å². The van der Waals surface area contributed by atoms with Gasteiger partial charge in [0.15, 0.2) is 11.6 Å². The van der Waals surface area contributed by atoms with Crippen LogP contribution < -0.4 is 10.5 Å². The monoisotopic (exact) mass is 346 g/mol. The molecule has 1 aromatic carbocycles. The number of nitrogens with zero attached hydrogens (tertiary/aromatic N) is 3. The van der Waals surface area contributed by atoms with Gasteiger partial charge in [-0.05, 0) is 32.3 Å². The van der Waals surface area contributed by atoms with Crippen LogP contribution in [0, 0.1) is 5.82 Å². The number of hydrogen-bond donors (Lipinski definition) is 1. The second kappa shape index (κ2) is 8.43. The maximum atomic E-state index is 13.8. The molecule has 6 nitrogen and oxygen atoms in total. The average molecular weight is 346 g/mol. The largest absolute Gasteiger partial charge is 0.454 e. The zero-order valence-electron chi connectivity index (χ0n) is 14.7. The van der Waals surface area contributed by atoms with Crippen LogP contribution in [0.3, 0.4) is 0 Å². The number of amides is 1. The van der Waals surface area contributed by atoms with Crippen molar-refractivity contribution in [3.8, 4) is 11.5 Å². The molecule has 0 fully saturated rings. The summed E-state index contributed by atoms with van der Waals surface area (Å²) in [6.07, 6.45) is 1.69. The van der Waals surface area contributed by atoms with Gasteiger partial charge in [0.1, 0.15) is 5.75 Å². The number of aromatic nitrogens is 1. The molecule has 0 saturated heterocycles. The first-order valence-electron chi connectivity index (χ1n) is 7.91. The Morgan fingerprint density at radius 1 is 1.20 bits per heavy atom. The molecule has 0 saturated carbocycles. The number of ether oxygens (including phenoxy) is 1. The fraction of sp³-hybridized carbons (Fsp3) is 0.333. The summed E-state index contributed by atoms with van der Waals surface area (Å²) >= 11 is 0. The van der Waals surface area contributed by atoms with Crippen molar-refractivity contribution in [1.82, 2.24) is 14.8 Å². The molecule has 2 N–H and O–H groups in total. The molecule has 0 aliphatic heterocycles. The summed E-state index contributed by atoms with van der Waals surface area (Å²) in [5, 5.41) is 0. The van der Waals surface area contributed by atoms with E-state index < -0.39 is 5.82 Å². The molecule has 0 aliphatic rings. The van der Waals surface area contributed by atoms with E-state index in [2.05, 4.69) is 4.98 Å². The first-order valence-corrected chi connectivity index (χ1v) is 7.91. The molecule has 2 rings (SSSR count). The number of pyridine rings is 1. The smallest absolute Gasteiger partial charge is 0.228 e. The van der Waals surface area contributed by atoms with Gasteiger partial charge < -0.3 is 20.3 Å². The molecular formula is C18H23FN4O2. The third kappa shape index (κ3) is 5.72. The highest BCUT2D eigenvalue weighted by molar-refractivity contribution is 5.78. The third-order valence-corrected chi connectivity index (χ3v) is 3.61. The number of nitrogen functional groups attached to an aromatic ring is 1. The van der Waals surface area contributed by atoms with Gasteiger partial charge in [-0.15, -0.1) is 0 Å². The minimum absolute atomic E-state index is 0.0369. The zero-order valence-corrected chi connectivity index (χ0v) is 14.7. The number of hydrogen-bond acceptors (Lipinski definition) is 5. The van der Waals surface area contributed by atoms with Gasteiger partial charge in [0.05, 0.1) is 12.1 Å². The SMILES string of the molecule is CN(C)CCN(C)C(=O)Cc1cc(Oc2ccc(N)cc2F)ccn1. The Hall–Kier alpha value is -2.67. The van der Waals surface area contributed by atoms with Crippen molar-refractivity contribution < 1.29 is 13.9 Å². The van der Waals surface area contributed by atoms with E-state index in [1.807, 2.05) is 19.0 Å². The Balaban J connectivity index is 2.02. The lowest BCUT2D eigenvalue weighted by atomic mass is 10.2. The lowest BCUT2D eigenvalue weighted by Crippen LogP contribution is -2.34. The number of carbonyl (C=O) groups excluding carboxylic acids is 1. The molecule has 7 heteroatoms. The predicted octanol–water partition coefficient (Wildman–Crippen LogP) is 2.16. The second-order valence-corrected chi connectivity index (χ2v) is 6.07. The van der Waals surface area contributed by atoms with Crippen molar-refractivity contribution in [2.45, 2.75) is 6.42 Å². The van der Waals surface area contributed by atoms with Crippen LogP contribution in [0.2, 0.25) is 0 Å². The third-order valence-electron chi connectivity index (χ3n) is 3.61. The summed E-state index contributed by atoms with van der Waals surface area (Å²) in [7, 11) is 5.67. The number of carbonyl (C=O) groups is 1. The molecule has 2 aromatic rings. The van der Waals surface area contributed by atoms with Crippen LogP contribution in [-0.2, 0) is 11.2 Å². The summed E-state index contributed by atoms with van der Waals surface area (Å²) < 4.78 is 19.3. The molecular weight excluding hydrogens is 323 g/mol. The molecule has 1 aromatic heterocycles. The summed E-state index contributed by atoms with van der Waals surface area (Å²) in [6, 6.07) is 7.46. The summed E-state index contributed by atoms with van der Waals surface area (Å²) in [6.45, 7) is 1.42. The van der Waals surface area contributed by atoms with E-state index in [1.165, 1.54) is 18.3 Å². The van der Waals surface area contributed by atoms with Crippen LogP contribution in [0.25, 0.3) is 0 Å². The number of nitrogens with two attached hydrogens (primary N) is 1. The lowest BCUT2D eigenvalue weighted by molar-refractivity contribution is -0.129. The standard InChI is InChI=1S/C18H23FN4O2/c1-22(2)8-9-23(3)18(24)12-14-11-15(6-7-21-14)25-17-5-4-13(20)10-16(17)19/h4-7,10-11H,8-9,12,20H2,1-3H3. The Bertz CT molecular complexity index is 737. The molecule has 0 aliphatic carbocycles. The molecule has 25 heavy (non-hydrogen) atoms. The first kappa shape index (κ1) is 18.7. The van der Waals surface area contributed by atoms with E-state index in [1.54, 1.807) is 30.1 Å². The van der Waals surface area contributed by atoms with Gasteiger partial charge in [0.2, 0.25) is 5.91 Å². The van der Waals surface area contributed by atoms with Crippen molar-refractivity contribution in [2.24, 2.45) is 0 Å². The van der Waals surface area contributed by atoms with Gasteiger partial charge in [-0.1, -0.05) is 0 Å². The first-order chi connectivity index (χ1) is 11.8. The van der Waals surface area contributed by atoms with Crippen LogP contribution in [-0.4, -0.2) is 54.9 Å². The lowest BCUT2D eigenvalue weighted by Gasteiger charge is -2.19. The fourth-order valence-corrected chi connectivity index (χ4v) is 2.11. The van der Waals surface area contributed by atoms with Crippen LogP contribution in [0.5, 0.6) is 11.5 Å². The van der Waals surface area contributed by atoms with Crippen LogP contribution in [0.4, 0.5) is 10.1 Å². The Labute approximate surface area is 147 Å². The van der Waals surface area contributed by atoms with Gasteiger partial charge in [0, 0.05) is 44.2 Å². The molecule has 134 valence electrons. The Kier molecular flexibility index (Phi) is 6.30. The predicted molar refractivity (Wildman–Crippen MR) is 95.0 cm³/mol.